The highest BCUT2D eigenvalue weighted by Gasteiger charge is 2.18. The Hall–Kier alpha value is 0.700. The Labute approximate surface area is 105 Å². The zero-order valence-corrected chi connectivity index (χ0v) is 12.9. The van der Waals surface area contributed by atoms with Crippen LogP contribution in [0.5, 0.6) is 0 Å². The lowest BCUT2D eigenvalue weighted by molar-refractivity contribution is 0.629. The summed E-state index contributed by atoms with van der Waals surface area (Å²) in [6.45, 7) is 13.9. The molecule has 0 aromatic heterocycles. The monoisotopic (exact) mass is 248 g/mol. The average Bonchev–Trinajstić information content (AvgIpc) is 2.01. The standard InChI is InChI=1S/C13H28S2/c1-11(2)7-9-14-13(5,6)15-10-8-12(3)4/h11-12H,7-10H2,1-6H3. The second-order valence-electron chi connectivity index (χ2n) is 5.46. The molecule has 0 radical (unpaired) electrons. The van der Waals surface area contributed by atoms with Crippen molar-refractivity contribution in [3.05, 3.63) is 0 Å². The molecule has 0 nitrogen and oxygen atoms in total. The van der Waals surface area contributed by atoms with Crippen LogP contribution in [0.1, 0.15) is 54.4 Å². The van der Waals surface area contributed by atoms with Crippen LogP contribution < -0.4 is 0 Å². The molecule has 0 aromatic rings. The van der Waals surface area contributed by atoms with Crippen LogP contribution in [0.15, 0.2) is 0 Å². The van der Waals surface area contributed by atoms with Gasteiger partial charge in [0.2, 0.25) is 0 Å². The molecule has 0 atom stereocenters. The van der Waals surface area contributed by atoms with Crippen LogP contribution in [-0.2, 0) is 0 Å². The molecule has 0 aliphatic carbocycles. The molecular weight excluding hydrogens is 220 g/mol. The van der Waals surface area contributed by atoms with Gasteiger partial charge in [0, 0.05) is 0 Å². The number of hydrogen-bond donors (Lipinski definition) is 0. The molecule has 0 bridgehead atoms. The van der Waals surface area contributed by atoms with Gasteiger partial charge in [-0.05, 0) is 50.0 Å². The zero-order valence-electron chi connectivity index (χ0n) is 11.3. The Morgan fingerprint density at radius 3 is 1.40 bits per heavy atom. The van der Waals surface area contributed by atoms with Gasteiger partial charge in [-0.2, -0.15) is 0 Å². The van der Waals surface area contributed by atoms with Crippen molar-refractivity contribution in [1.29, 1.82) is 0 Å². The maximum atomic E-state index is 2.36. The lowest BCUT2D eigenvalue weighted by Crippen LogP contribution is -2.12. The maximum Gasteiger partial charge on any atom is 0.0555 e. The SMILES string of the molecule is CC(C)CCSC(C)(C)SCCC(C)C. The van der Waals surface area contributed by atoms with Gasteiger partial charge in [0.1, 0.15) is 0 Å². The molecule has 0 aromatic carbocycles. The highest BCUT2D eigenvalue weighted by Crippen LogP contribution is 2.37. The second-order valence-corrected chi connectivity index (χ2v) is 9.16. The zero-order chi connectivity index (χ0) is 11.9. The van der Waals surface area contributed by atoms with Gasteiger partial charge in [-0.15, -0.1) is 23.5 Å². The van der Waals surface area contributed by atoms with Crippen LogP contribution in [0.25, 0.3) is 0 Å². The Morgan fingerprint density at radius 1 is 0.800 bits per heavy atom. The molecule has 92 valence electrons. The van der Waals surface area contributed by atoms with Crippen molar-refractivity contribution in [1.82, 2.24) is 0 Å². The summed E-state index contributed by atoms with van der Waals surface area (Å²) in [5.41, 5.74) is 0. The van der Waals surface area contributed by atoms with Crippen LogP contribution in [-0.4, -0.2) is 15.6 Å². The van der Waals surface area contributed by atoms with Gasteiger partial charge in [0.25, 0.3) is 0 Å². The van der Waals surface area contributed by atoms with Gasteiger partial charge in [0.15, 0.2) is 0 Å². The first-order valence-electron chi connectivity index (χ1n) is 6.11. The van der Waals surface area contributed by atoms with E-state index in [9.17, 15) is 0 Å². The van der Waals surface area contributed by atoms with Gasteiger partial charge in [0.05, 0.1) is 4.08 Å². The lowest BCUT2D eigenvalue weighted by atomic mass is 10.2. The Bertz CT molecular complexity index is 135. The fraction of sp³-hybridized carbons (Fsp3) is 1.00. The van der Waals surface area contributed by atoms with Crippen LogP contribution >= 0.6 is 23.5 Å². The quantitative estimate of drug-likeness (QED) is 0.536. The summed E-state index contributed by atoms with van der Waals surface area (Å²) in [4.78, 5) is 0. The highest BCUT2D eigenvalue weighted by molar-refractivity contribution is 8.18. The van der Waals surface area contributed by atoms with E-state index in [1.807, 2.05) is 0 Å². The molecule has 0 N–H and O–H groups in total. The van der Waals surface area contributed by atoms with E-state index in [2.05, 4.69) is 65.1 Å². The Morgan fingerprint density at radius 2 is 1.13 bits per heavy atom. The fourth-order valence-electron chi connectivity index (χ4n) is 1.12. The van der Waals surface area contributed by atoms with Crippen molar-refractivity contribution in [3.63, 3.8) is 0 Å². The predicted octanol–water partition coefficient (Wildman–Crippen LogP) is 5.28. The van der Waals surface area contributed by atoms with Gasteiger partial charge in [-0.3, -0.25) is 0 Å². The van der Waals surface area contributed by atoms with Crippen molar-refractivity contribution < 1.29 is 0 Å². The third-order valence-corrected chi connectivity index (χ3v) is 5.27. The van der Waals surface area contributed by atoms with E-state index < -0.39 is 0 Å². The molecule has 2 heteroatoms. The summed E-state index contributed by atoms with van der Waals surface area (Å²) < 4.78 is 0.407. The summed E-state index contributed by atoms with van der Waals surface area (Å²) in [7, 11) is 0. The molecule has 0 aliphatic rings. The van der Waals surface area contributed by atoms with Crippen LogP contribution in [0.2, 0.25) is 0 Å². The van der Waals surface area contributed by atoms with Crippen molar-refractivity contribution in [2.75, 3.05) is 11.5 Å². The third-order valence-electron chi connectivity index (χ3n) is 2.29. The smallest absolute Gasteiger partial charge is 0.0555 e. The van der Waals surface area contributed by atoms with Crippen LogP contribution in [0.3, 0.4) is 0 Å². The summed E-state index contributed by atoms with van der Waals surface area (Å²) >= 11 is 4.24. The van der Waals surface area contributed by atoms with E-state index in [-0.39, 0.29) is 0 Å². The average molecular weight is 249 g/mol. The molecule has 0 fully saturated rings. The van der Waals surface area contributed by atoms with E-state index in [1.54, 1.807) is 0 Å². The minimum atomic E-state index is 0.407. The van der Waals surface area contributed by atoms with E-state index in [0.29, 0.717) is 4.08 Å². The highest BCUT2D eigenvalue weighted by atomic mass is 32.2. The maximum absolute atomic E-state index is 2.36. The van der Waals surface area contributed by atoms with Crippen molar-refractivity contribution >= 4 is 23.5 Å². The van der Waals surface area contributed by atoms with Gasteiger partial charge >= 0.3 is 0 Å². The van der Waals surface area contributed by atoms with Gasteiger partial charge < -0.3 is 0 Å². The number of hydrogen-bond acceptors (Lipinski definition) is 2. The first kappa shape index (κ1) is 15.7. The van der Waals surface area contributed by atoms with Crippen LogP contribution in [0, 0.1) is 11.8 Å². The molecule has 0 amide bonds. The van der Waals surface area contributed by atoms with Gasteiger partial charge in [-0.25, -0.2) is 0 Å². The minimum absolute atomic E-state index is 0.407. The molecule has 0 spiro atoms. The normalized spacial score (nSPS) is 12.8. The lowest BCUT2D eigenvalue weighted by Gasteiger charge is -2.24. The predicted molar refractivity (Wildman–Crippen MR) is 77.9 cm³/mol. The molecule has 0 rings (SSSR count). The molecular formula is C13H28S2. The van der Waals surface area contributed by atoms with E-state index in [1.165, 1.54) is 24.3 Å². The summed E-state index contributed by atoms with van der Waals surface area (Å²) in [6, 6.07) is 0. The molecule has 0 saturated heterocycles. The minimum Gasteiger partial charge on any atom is -0.145 e. The second kappa shape index (κ2) is 7.89. The van der Waals surface area contributed by atoms with Crippen molar-refractivity contribution in [2.24, 2.45) is 11.8 Å². The third kappa shape index (κ3) is 11.0. The van der Waals surface area contributed by atoms with Crippen molar-refractivity contribution in [2.45, 2.75) is 58.5 Å². The first-order chi connectivity index (χ1) is 6.83. The molecule has 0 unspecified atom stereocenters. The first-order valence-corrected chi connectivity index (χ1v) is 8.08. The van der Waals surface area contributed by atoms with E-state index in [4.69, 9.17) is 0 Å². The summed E-state index contributed by atoms with van der Waals surface area (Å²) in [5.74, 6) is 4.29. The van der Waals surface area contributed by atoms with Gasteiger partial charge in [-0.1, -0.05) is 27.7 Å². The number of rotatable bonds is 8. The topological polar surface area (TPSA) is 0 Å². The molecule has 0 aliphatic heterocycles. The largest absolute Gasteiger partial charge is 0.145 e. The molecule has 0 saturated carbocycles. The molecule has 15 heavy (non-hydrogen) atoms. The van der Waals surface area contributed by atoms with Crippen LogP contribution in [0.4, 0.5) is 0 Å². The fourth-order valence-corrected chi connectivity index (χ4v) is 4.12. The number of thioether (sulfide) groups is 2. The van der Waals surface area contributed by atoms with E-state index in [0.717, 1.165) is 11.8 Å². The Kier molecular flexibility index (Phi) is 8.26. The summed E-state index contributed by atoms with van der Waals surface area (Å²) in [6.07, 6.45) is 2.69. The molecule has 0 heterocycles. The van der Waals surface area contributed by atoms with E-state index >= 15 is 0 Å². The summed E-state index contributed by atoms with van der Waals surface area (Å²) in [5, 5.41) is 0. The Balaban J connectivity index is 3.57. The van der Waals surface area contributed by atoms with Crippen molar-refractivity contribution in [3.8, 4) is 0 Å².